The Morgan fingerprint density at radius 2 is 1.70 bits per heavy atom. The number of hydrogen-bond acceptors (Lipinski definition) is 5. The van der Waals surface area contributed by atoms with Crippen LogP contribution in [0.3, 0.4) is 0 Å². The van der Waals surface area contributed by atoms with Gasteiger partial charge in [-0.05, 0) is 42.0 Å². The number of carbonyl (C=O) groups is 1. The molecule has 1 amide bonds. The molecule has 0 N–H and O–H groups in total. The fourth-order valence-corrected chi connectivity index (χ4v) is 7.64. The summed E-state index contributed by atoms with van der Waals surface area (Å²) < 4.78 is 29.7. The minimum Gasteiger partial charge on any atom is -0.484 e. The van der Waals surface area contributed by atoms with Gasteiger partial charge >= 0.3 is 0 Å². The number of ether oxygens (including phenoxy) is 1. The molecule has 0 saturated carbocycles. The maximum atomic E-state index is 12.4. The fraction of sp³-hybridized carbons (Fsp3) is 0.300. The number of sulfone groups is 1. The number of thioether (sulfide) groups is 1. The zero-order valence-electron chi connectivity index (χ0n) is 15.7. The van der Waals surface area contributed by atoms with E-state index >= 15 is 0 Å². The van der Waals surface area contributed by atoms with Crippen molar-refractivity contribution in [2.24, 2.45) is 4.99 Å². The van der Waals surface area contributed by atoms with Crippen molar-refractivity contribution in [1.82, 2.24) is 4.90 Å². The molecular weight excluding hydrogens is 467 g/mol. The van der Waals surface area contributed by atoms with Crippen LogP contribution < -0.4 is 4.74 Å². The van der Waals surface area contributed by atoms with Gasteiger partial charge in [-0.3, -0.25) is 4.79 Å². The van der Waals surface area contributed by atoms with Crippen molar-refractivity contribution in [1.29, 1.82) is 0 Å². The first-order chi connectivity index (χ1) is 14.3. The summed E-state index contributed by atoms with van der Waals surface area (Å²) >= 11 is 13.1. The van der Waals surface area contributed by atoms with Gasteiger partial charge in [-0.25, -0.2) is 8.42 Å². The molecule has 2 atom stereocenters. The van der Waals surface area contributed by atoms with E-state index in [9.17, 15) is 13.2 Å². The third-order valence-corrected chi connectivity index (χ3v) is 8.59. The molecule has 2 aromatic rings. The molecule has 2 aliphatic heterocycles. The Balaban J connectivity index is 1.50. The lowest BCUT2D eigenvalue weighted by molar-refractivity contribution is -0.119. The van der Waals surface area contributed by atoms with Crippen LogP contribution >= 0.6 is 35.0 Å². The summed E-state index contributed by atoms with van der Waals surface area (Å²) in [5.74, 6) is 0.241. The van der Waals surface area contributed by atoms with Crippen molar-refractivity contribution in [3.05, 3.63) is 64.1 Å². The van der Waals surface area contributed by atoms with Crippen LogP contribution in [0.1, 0.15) is 5.56 Å². The number of amidine groups is 1. The smallest absolute Gasteiger partial charge is 0.285 e. The van der Waals surface area contributed by atoms with Crippen molar-refractivity contribution >= 4 is 55.9 Å². The van der Waals surface area contributed by atoms with E-state index in [1.54, 1.807) is 36.4 Å². The molecule has 6 nitrogen and oxygen atoms in total. The minimum atomic E-state index is -3.10. The third kappa shape index (κ3) is 5.11. The Kier molecular flexibility index (Phi) is 6.29. The molecule has 2 fully saturated rings. The van der Waals surface area contributed by atoms with Crippen LogP contribution in [-0.2, 0) is 21.2 Å². The van der Waals surface area contributed by atoms with E-state index in [-0.39, 0.29) is 29.4 Å². The molecule has 30 heavy (non-hydrogen) atoms. The lowest BCUT2D eigenvalue weighted by Crippen LogP contribution is -2.37. The first-order valence-electron chi connectivity index (χ1n) is 9.17. The number of nitrogens with zero attached hydrogens (tertiary/aromatic N) is 2. The van der Waals surface area contributed by atoms with Crippen molar-refractivity contribution in [2.75, 3.05) is 18.1 Å². The number of carbonyl (C=O) groups excluding carboxylic acids is 1. The van der Waals surface area contributed by atoms with Gasteiger partial charge in [0.25, 0.3) is 5.91 Å². The van der Waals surface area contributed by atoms with Crippen LogP contribution in [0.4, 0.5) is 0 Å². The van der Waals surface area contributed by atoms with Crippen molar-refractivity contribution in [3.63, 3.8) is 0 Å². The highest BCUT2D eigenvalue weighted by molar-refractivity contribution is 8.15. The molecule has 2 aliphatic rings. The Labute approximate surface area is 189 Å². The first-order valence-corrected chi connectivity index (χ1v) is 12.6. The van der Waals surface area contributed by atoms with Gasteiger partial charge in [0.15, 0.2) is 21.6 Å². The Bertz CT molecular complexity index is 1070. The number of aliphatic imine (C=N–C) groups is 1. The average Bonchev–Trinajstić information content (AvgIpc) is 3.15. The van der Waals surface area contributed by atoms with Gasteiger partial charge in [0.05, 0.1) is 17.5 Å². The highest BCUT2D eigenvalue weighted by atomic mass is 35.5. The lowest BCUT2D eigenvalue weighted by Gasteiger charge is -2.24. The molecule has 2 aromatic carbocycles. The van der Waals surface area contributed by atoms with E-state index in [1.807, 2.05) is 17.0 Å². The first kappa shape index (κ1) is 21.5. The summed E-state index contributed by atoms with van der Waals surface area (Å²) in [6, 6.07) is 13.8. The van der Waals surface area contributed by atoms with Crippen LogP contribution in [0.25, 0.3) is 0 Å². The quantitative estimate of drug-likeness (QED) is 0.644. The Morgan fingerprint density at radius 1 is 1.07 bits per heavy atom. The number of rotatable bonds is 5. The largest absolute Gasteiger partial charge is 0.484 e. The van der Waals surface area contributed by atoms with Crippen LogP contribution in [0.5, 0.6) is 5.75 Å². The van der Waals surface area contributed by atoms with E-state index in [0.717, 1.165) is 5.56 Å². The summed E-state index contributed by atoms with van der Waals surface area (Å²) in [6.45, 7) is 0.235. The molecule has 0 bridgehead atoms. The fourth-order valence-electron chi connectivity index (χ4n) is 3.42. The van der Waals surface area contributed by atoms with E-state index in [0.29, 0.717) is 27.5 Å². The summed E-state index contributed by atoms with van der Waals surface area (Å²) in [5.41, 5.74) is 0.961. The molecule has 0 unspecified atom stereocenters. The predicted molar refractivity (Wildman–Crippen MR) is 120 cm³/mol. The third-order valence-electron chi connectivity index (χ3n) is 4.84. The monoisotopic (exact) mass is 484 g/mol. The Hall–Kier alpha value is -1.74. The highest BCUT2D eigenvalue weighted by Crippen LogP contribution is 2.39. The number of hydrogen-bond donors (Lipinski definition) is 0. The van der Waals surface area contributed by atoms with E-state index < -0.39 is 15.7 Å². The maximum Gasteiger partial charge on any atom is 0.285 e. The second-order valence-corrected chi connectivity index (χ2v) is 11.3. The predicted octanol–water partition coefficient (Wildman–Crippen LogP) is 3.67. The SMILES string of the molecule is O=C(COc1ccc(Cl)cc1)N=C1S[C@@H]2CS(=O)(=O)C[C@H]2N1Cc1ccc(Cl)cc1. The topological polar surface area (TPSA) is 76.0 Å². The van der Waals surface area contributed by atoms with E-state index in [4.69, 9.17) is 27.9 Å². The maximum absolute atomic E-state index is 12.4. The molecular formula is C20H18Cl2N2O4S2. The second-order valence-electron chi connectivity index (χ2n) is 7.09. The minimum absolute atomic E-state index is 0.0622. The Morgan fingerprint density at radius 3 is 2.37 bits per heavy atom. The van der Waals surface area contributed by atoms with Gasteiger partial charge < -0.3 is 9.64 Å². The highest BCUT2D eigenvalue weighted by Gasteiger charge is 2.48. The zero-order valence-corrected chi connectivity index (χ0v) is 18.8. The molecule has 0 spiro atoms. The van der Waals surface area contributed by atoms with Gasteiger partial charge in [0.2, 0.25) is 0 Å². The number of amides is 1. The van der Waals surface area contributed by atoms with Crippen LogP contribution in [0, 0.1) is 0 Å². The molecule has 0 radical (unpaired) electrons. The van der Waals surface area contributed by atoms with Gasteiger partial charge in [-0.1, -0.05) is 47.1 Å². The molecule has 2 heterocycles. The molecule has 0 aliphatic carbocycles. The van der Waals surface area contributed by atoms with Gasteiger partial charge in [-0.15, -0.1) is 0 Å². The van der Waals surface area contributed by atoms with E-state index in [1.165, 1.54) is 11.8 Å². The van der Waals surface area contributed by atoms with Crippen LogP contribution in [0.15, 0.2) is 53.5 Å². The summed E-state index contributed by atoms with van der Waals surface area (Å²) in [5, 5.41) is 1.60. The van der Waals surface area contributed by atoms with Crippen molar-refractivity contribution in [3.8, 4) is 5.75 Å². The summed E-state index contributed by atoms with van der Waals surface area (Å²) in [7, 11) is -3.10. The molecule has 0 aromatic heterocycles. The zero-order chi connectivity index (χ0) is 21.3. The second kappa shape index (κ2) is 8.78. The molecule has 10 heteroatoms. The average molecular weight is 485 g/mol. The number of benzene rings is 2. The van der Waals surface area contributed by atoms with Crippen LogP contribution in [0.2, 0.25) is 10.0 Å². The van der Waals surface area contributed by atoms with E-state index in [2.05, 4.69) is 4.99 Å². The standard InChI is InChI=1S/C20H18Cl2N2O4S2/c21-14-3-1-13(2-4-14)9-24-17-11-30(26,27)12-18(17)29-20(24)23-19(25)10-28-16-7-5-15(22)6-8-16/h1-8,17-18H,9-12H2/t17-,18-/m1/s1. The normalized spacial score (nSPS) is 23.5. The van der Waals surface area contributed by atoms with Gasteiger partial charge in [0.1, 0.15) is 5.75 Å². The lowest BCUT2D eigenvalue weighted by atomic mass is 10.1. The summed E-state index contributed by atoms with van der Waals surface area (Å²) in [6.07, 6.45) is 0. The molecule has 2 saturated heterocycles. The van der Waals surface area contributed by atoms with Crippen molar-refractivity contribution in [2.45, 2.75) is 17.8 Å². The number of fused-ring (bicyclic) bond motifs is 1. The van der Waals surface area contributed by atoms with Gasteiger partial charge in [0, 0.05) is 21.8 Å². The van der Waals surface area contributed by atoms with Crippen molar-refractivity contribution < 1.29 is 17.9 Å². The van der Waals surface area contributed by atoms with Gasteiger partial charge in [-0.2, -0.15) is 4.99 Å². The molecule has 158 valence electrons. The summed E-state index contributed by atoms with van der Waals surface area (Å²) in [4.78, 5) is 18.5. The van der Waals surface area contributed by atoms with Crippen LogP contribution in [-0.4, -0.2) is 53.8 Å². The molecule has 4 rings (SSSR count). The number of halogens is 2.